The van der Waals surface area contributed by atoms with Crippen molar-refractivity contribution < 1.29 is 19.0 Å². The second kappa shape index (κ2) is 9.49. The van der Waals surface area contributed by atoms with E-state index in [1.54, 1.807) is 26.4 Å². The minimum Gasteiger partial charge on any atom is -0.497 e. The van der Waals surface area contributed by atoms with Gasteiger partial charge in [0, 0.05) is 10.6 Å². The number of carbonyl (C=O) groups is 1. The molecule has 29 heavy (non-hydrogen) atoms. The van der Waals surface area contributed by atoms with Gasteiger partial charge in [-0.05, 0) is 47.2 Å². The summed E-state index contributed by atoms with van der Waals surface area (Å²) in [5.74, 6) is 1.24. The van der Waals surface area contributed by atoms with Gasteiger partial charge in [0.05, 0.1) is 25.5 Å². The van der Waals surface area contributed by atoms with Crippen molar-refractivity contribution in [3.63, 3.8) is 0 Å². The minimum atomic E-state index is -0.441. The van der Waals surface area contributed by atoms with Crippen molar-refractivity contribution in [3.8, 4) is 17.2 Å². The lowest BCUT2D eigenvalue weighted by Gasteiger charge is -2.10. The van der Waals surface area contributed by atoms with Gasteiger partial charge in [-0.3, -0.25) is 4.79 Å². The van der Waals surface area contributed by atoms with Gasteiger partial charge in [0.25, 0.3) is 5.91 Å². The van der Waals surface area contributed by atoms with Gasteiger partial charge in [-0.2, -0.15) is 5.10 Å². The zero-order valence-corrected chi connectivity index (χ0v) is 17.3. The number of fused-ring (bicyclic) bond motifs is 1. The van der Waals surface area contributed by atoms with Gasteiger partial charge in [-0.25, -0.2) is 5.43 Å². The Bertz CT molecular complexity index is 1060. The summed E-state index contributed by atoms with van der Waals surface area (Å²) < 4.78 is 16.1. The molecule has 6 nitrogen and oxygen atoms in total. The highest BCUT2D eigenvalue weighted by molar-refractivity contribution is 6.35. The number of methoxy groups -OCH3 is 2. The third-order valence-corrected chi connectivity index (χ3v) is 4.62. The fourth-order valence-corrected chi connectivity index (χ4v) is 3.14. The van der Waals surface area contributed by atoms with Crippen LogP contribution in [0.25, 0.3) is 10.8 Å². The van der Waals surface area contributed by atoms with E-state index in [-0.39, 0.29) is 6.61 Å². The smallest absolute Gasteiger partial charge is 0.277 e. The van der Waals surface area contributed by atoms with Gasteiger partial charge >= 0.3 is 0 Å². The maximum absolute atomic E-state index is 12.0. The van der Waals surface area contributed by atoms with E-state index >= 15 is 0 Å². The summed E-state index contributed by atoms with van der Waals surface area (Å²) in [6.45, 7) is -0.251. The summed E-state index contributed by atoms with van der Waals surface area (Å²) in [6.07, 6.45) is 1.52. The Morgan fingerprint density at radius 3 is 2.52 bits per heavy atom. The molecule has 150 valence electrons. The summed E-state index contributed by atoms with van der Waals surface area (Å²) in [4.78, 5) is 12.0. The van der Waals surface area contributed by atoms with Crippen LogP contribution in [0, 0.1) is 0 Å². The van der Waals surface area contributed by atoms with Crippen LogP contribution in [-0.4, -0.2) is 32.9 Å². The zero-order chi connectivity index (χ0) is 20.8. The Kier molecular flexibility index (Phi) is 6.80. The summed E-state index contributed by atoms with van der Waals surface area (Å²) in [5, 5.41) is 6.70. The lowest BCUT2D eigenvalue weighted by Crippen LogP contribution is -2.24. The van der Waals surface area contributed by atoms with Crippen LogP contribution in [0.4, 0.5) is 0 Å². The summed E-state index contributed by atoms with van der Waals surface area (Å²) in [6, 6.07) is 14.2. The molecule has 3 aromatic carbocycles. The SMILES string of the molecule is COc1ccc2ccc(OC)c(/C=N/NC(=O)COc3ccc(Cl)cc3Cl)c2c1. The molecule has 0 bridgehead atoms. The summed E-state index contributed by atoms with van der Waals surface area (Å²) in [5.41, 5.74) is 3.14. The molecule has 3 rings (SSSR count). The first-order valence-electron chi connectivity index (χ1n) is 8.56. The van der Waals surface area contributed by atoms with Crippen molar-refractivity contribution >= 4 is 46.1 Å². The van der Waals surface area contributed by atoms with Crippen molar-refractivity contribution in [2.24, 2.45) is 5.10 Å². The highest BCUT2D eigenvalue weighted by Gasteiger charge is 2.09. The topological polar surface area (TPSA) is 69.2 Å². The molecule has 3 aromatic rings. The number of benzene rings is 3. The third kappa shape index (κ3) is 5.10. The fourth-order valence-electron chi connectivity index (χ4n) is 2.68. The van der Waals surface area contributed by atoms with Crippen molar-refractivity contribution in [2.75, 3.05) is 20.8 Å². The van der Waals surface area contributed by atoms with Crippen LogP contribution in [0.1, 0.15) is 5.56 Å². The standard InChI is InChI=1S/C21H18Cl2N2O4/c1-27-15-6-3-13-4-7-19(28-2)17(16(13)10-15)11-24-25-21(26)12-29-20-8-5-14(22)9-18(20)23/h3-11H,12H2,1-2H3,(H,25,26)/b24-11+. The normalized spacial score (nSPS) is 10.9. The van der Waals surface area contributed by atoms with Crippen molar-refractivity contribution in [1.82, 2.24) is 5.43 Å². The Balaban J connectivity index is 1.72. The molecule has 1 amide bonds. The number of amides is 1. The number of ether oxygens (including phenoxy) is 3. The maximum Gasteiger partial charge on any atom is 0.277 e. The molecule has 1 N–H and O–H groups in total. The van der Waals surface area contributed by atoms with E-state index in [1.165, 1.54) is 12.3 Å². The molecule has 0 radical (unpaired) electrons. The van der Waals surface area contributed by atoms with E-state index < -0.39 is 5.91 Å². The van der Waals surface area contributed by atoms with E-state index in [0.717, 1.165) is 10.8 Å². The van der Waals surface area contributed by atoms with Gasteiger partial charge in [0.2, 0.25) is 0 Å². The molecule has 0 saturated carbocycles. The van der Waals surface area contributed by atoms with Crippen LogP contribution >= 0.6 is 23.2 Å². The lowest BCUT2D eigenvalue weighted by molar-refractivity contribution is -0.123. The second-order valence-corrected chi connectivity index (χ2v) is 6.77. The van der Waals surface area contributed by atoms with Crippen LogP contribution in [0.5, 0.6) is 17.2 Å². The van der Waals surface area contributed by atoms with Crippen LogP contribution in [0.2, 0.25) is 10.0 Å². The molecule has 0 saturated heterocycles. The van der Waals surface area contributed by atoms with E-state index in [2.05, 4.69) is 10.5 Å². The van der Waals surface area contributed by atoms with Crippen LogP contribution in [0.3, 0.4) is 0 Å². The Hall–Kier alpha value is -2.96. The number of hydrazone groups is 1. The third-order valence-electron chi connectivity index (χ3n) is 4.09. The van der Waals surface area contributed by atoms with Gasteiger partial charge in [-0.1, -0.05) is 35.3 Å². The zero-order valence-electron chi connectivity index (χ0n) is 15.7. The Morgan fingerprint density at radius 1 is 1.03 bits per heavy atom. The first-order chi connectivity index (χ1) is 14.0. The molecule has 0 fully saturated rings. The lowest BCUT2D eigenvalue weighted by atomic mass is 10.0. The molecule has 0 spiro atoms. The predicted molar refractivity (Wildman–Crippen MR) is 115 cm³/mol. The summed E-state index contributed by atoms with van der Waals surface area (Å²) >= 11 is 11.9. The van der Waals surface area contributed by atoms with Crippen LogP contribution in [0.15, 0.2) is 53.6 Å². The first-order valence-corrected chi connectivity index (χ1v) is 9.32. The number of rotatable bonds is 7. The number of nitrogens with zero attached hydrogens (tertiary/aromatic N) is 1. The van der Waals surface area contributed by atoms with E-state index in [0.29, 0.717) is 32.9 Å². The molecule has 0 aromatic heterocycles. The number of halogens is 2. The van der Waals surface area contributed by atoms with Crippen molar-refractivity contribution in [1.29, 1.82) is 0 Å². The second-order valence-electron chi connectivity index (χ2n) is 5.93. The Morgan fingerprint density at radius 2 is 1.79 bits per heavy atom. The summed E-state index contributed by atoms with van der Waals surface area (Å²) in [7, 11) is 3.17. The monoisotopic (exact) mass is 432 g/mol. The number of hydrogen-bond donors (Lipinski definition) is 1. The van der Waals surface area contributed by atoms with E-state index in [1.807, 2.05) is 30.3 Å². The maximum atomic E-state index is 12.0. The highest BCUT2D eigenvalue weighted by atomic mass is 35.5. The molecule has 0 unspecified atom stereocenters. The van der Waals surface area contributed by atoms with Crippen molar-refractivity contribution in [3.05, 3.63) is 64.1 Å². The molecule has 0 aliphatic carbocycles. The van der Waals surface area contributed by atoms with Gasteiger partial charge in [-0.15, -0.1) is 0 Å². The Labute approximate surface area is 178 Å². The molecule has 8 heteroatoms. The fraction of sp³-hybridized carbons (Fsp3) is 0.143. The van der Waals surface area contributed by atoms with Crippen LogP contribution < -0.4 is 19.6 Å². The number of nitrogens with one attached hydrogen (secondary N) is 1. The number of carbonyl (C=O) groups excluding carboxylic acids is 1. The van der Waals surface area contributed by atoms with Gasteiger partial charge in [0.1, 0.15) is 17.2 Å². The molecule has 0 heterocycles. The van der Waals surface area contributed by atoms with E-state index in [9.17, 15) is 4.79 Å². The number of hydrogen-bond acceptors (Lipinski definition) is 5. The largest absolute Gasteiger partial charge is 0.497 e. The molecule has 0 aliphatic heterocycles. The molecular weight excluding hydrogens is 415 g/mol. The molecular formula is C21H18Cl2N2O4. The van der Waals surface area contributed by atoms with Gasteiger partial charge < -0.3 is 14.2 Å². The van der Waals surface area contributed by atoms with Crippen LogP contribution in [-0.2, 0) is 4.79 Å². The van der Waals surface area contributed by atoms with Crippen molar-refractivity contribution in [2.45, 2.75) is 0 Å². The average molecular weight is 433 g/mol. The van der Waals surface area contributed by atoms with E-state index in [4.69, 9.17) is 37.4 Å². The average Bonchev–Trinajstić information content (AvgIpc) is 2.72. The quantitative estimate of drug-likeness (QED) is 0.434. The molecule has 0 aliphatic rings. The molecule has 0 atom stereocenters. The predicted octanol–water partition coefficient (Wildman–Crippen LogP) is 4.69. The highest BCUT2D eigenvalue weighted by Crippen LogP contribution is 2.30. The van der Waals surface area contributed by atoms with Gasteiger partial charge in [0.15, 0.2) is 6.61 Å². The first kappa shape index (κ1) is 20.8. The minimum absolute atomic E-state index is 0.251.